The second-order valence-corrected chi connectivity index (χ2v) is 4.73. The van der Waals surface area contributed by atoms with E-state index < -0.39 is 0 Å². The van der Waals surface area contributed by atoms with Gasteiger partial charge in [-0.2, -0.15) is 0 Å². The number of nitrogens with one attached hydrogen (secondary N) is 1. The van der Waals surface area contributed by atoms with Crippen LogP contribution in [0.15, 0.2) is 6.07 Å². The molecule has 1 N–H and O–H groups in total. The standard InChI is InChI=1S/C13H22N4/c1-11-9-12(10-14-2)16-13(15-11)17-7-5-3-4-6-8-17/h9,14H,3-8,10H2,1-2H3. The maximum atomic E-state index is 4.64. The lowest BCUT2D eigenvalue weighted by molar-refractivity contribution is 0.726. The fourth-order valence-electron chi connectivity index (χ4n) is 2.30. The van der Waals surface area contributed by atoms with Crippen molar-refractivity contribution in [3.05, 3.63) is 17.5 Å². The molecule has 2 rings (SSSR count). The second kappa shape index (κ2) is 5.96. The molecule has 1 aliphatic rings. The Hall–Kier alpha value is -1.16. The molecule has 0 amide bonds. The van der Waals surface area contributed by atoms with E-state index in [1.54, 1.807) is 0 Å². The fourth-order valence-corrected chi connectivity index (χ4v) is 2.30. The summed E-state index contributed by atoms with van der Waals surface area (Å²) in [6.45, 7) is 5.05. The van der Waals surface area contributed by atoms with E-state index in [9.17, 15) is 0 Å². The highest BCUT2D eigenvalue weighted by molar-refractivity contribution is 5.32. The van der Waals surface area contributed by atoms with E-state index in [1.807, 2.05) is 14.0 Å². The summed E-state index contributed by atoms with van der Waals surface area (Å²) >= 11 is 0. The van der Waals surface area contributed by atoms with E-state index >= 15 is 0 Å². The predicted octanol–water partition coefficient (Wildman–Crippen LogP) is 1.88. The summed E-state index contributed by atoms with van der Waals surface area (Å²) in [7, 11) is 1.95. The summed E-state index contributed by atoms with van der Waals surface area (Å²) in [5, 5.41) is 3.14. The Labute approximate surface area is 103 Å². The van der Waals surface area contributed by atoms with Gasteiger partial charge in [0.1, 0.15) is 0 Å². The lowest BCUT2D eigenvalue weighted by atomic mass is 10.2. The molecule has 0 saturated carbocycles. The van der Waals surface area contributed by atoms with Crippen molar-refractivity contribution < 1.29 is 0 Å². The first kappa shape index (κ1) is 12.3. The van der Waals surface area contributed by atoms with E-state index in [4.69, 9.17) is 0 Å². The highest BCUT2D eigenvalue weighted by Gasteiger charge is 2.13. The van der Waals surface area contributed by atoms with Crippen LogP contribution in [0, 0.1) is 6.92 Å². The number of hydrogen-bond donors (Lipinski definition) is 1. The van der Waals surface area contributed by atoms with Gasteiger partial charge in [-0.15, -0.1) is 0 Å². The van der Waals surface area contributed by atoms with Crippen molar-refractivity contribution in [1.29, 1.82) is 0 Å². The number of aromatic nitrogens is 2. The number of nitrogens with zero attached hydrogens (tertiary/aromatic N) is 3. The molecule has 2 heterocycles. The summed E-state index contributed by atoms with van der Waals surface area (Å²) in [6.07, 6.45) is 5.20. The van der Waals surface area contributed by atoms with Gasteiger partial charge >= 0.3 is 0 Å². The molecule has 4 heteroatoms. The molecule has 1 saturated heterocycles. The first-order chi connectivity index (χ1) is 8.29. The maximum Gasteiger partial charge on any atom is 0.225 e. The van der Waals surface area contributed by atoms with Gasteiger partial charge in [0, 0.05) is 25.3 Å². The molecule has 4 nitrogen and oxygen atoms in total. The maximum absolute atomic E-state index is 4.64. The number of aryl methyl sites for hydroxylation is 1. The molecule has 0 bridgehead atoms. The largest absolute Gasteiger partial charge is 0.341 e. The van der Waals surface area contributed by atoms with E-state index in [2.05, 4.69) is 26.3 Å². The van der Waals surface area contributed by atoms with Crippen LogP contribution in [0.3, 0.4) is 0 Å². The van der Waals surface area contributed by atoms with Gasteiger partial charge in [0.2, 0.25) is 5.95 Å². The third-order valence-electron chi connectivity index (χ3n) is 3.14. The molecule has 1 aliphatic heterocycles. The van der Waals surface area contributed by atoms with Crippen molar-refractivity contribution in [3.8, 4) is 0 Å². The molecule has 0 atom stereocenters. The summed E-state index contributed by atoms with van der Waals surface area (Å²) < 4.78 is 0. The van der Waals surface area contributed by atoms with Crippen molar-refractivity contribution in [2.75, 3.05) is 25.0 Å². The van der Waals surface area contributed by atoms with Crippen LogP contribution in [-0.4, -0.2) is 30.1 Å². The van der Waals surface area contributed by atoms with Gasteiger partial charge in [0.05, 0.1) is 5.69 Å². The van der Waals surface area contributed by atoms with Crippen LogP contribution in [0.5, 0.6) is 0 Å². The number of anilines is 1. The van der Waals surface area contributed by atoms with Crippen LogP contribution in [0.25, 0.3) is 0 Å². The van der Waals surface area contributed by atoms with Crippen molar-refractivity contribution in [2.45, 2.75) is 39.2 Å². The van der Waals surface area contributed by atoms with Crippen LogP contribution in [0.4, 0.5) is 5.95 Å². The van der Waals surface area contributed by atoms with Crippen LogP contribution in [0.1, 0.15) is 37.1 Å². The highest BCUT2D eigenvalue weighted by atomic mass is 15.2. The first-order valence-electron chi connectivity index (χ1n) is 6.53. The molecule has 0 spiro atoms. The fraction of sp³-hybridized carbons (Fsp3) is 0.692. The highest BCUT2D eigenvalue weighted by Crippen LogP contribution is 2.16. The summed E-state index contributed by atoms with van der Waals surface area (Å²) in [4.78, 5) is 11.5. The molecule has 0 radical (unpaired) electrons. The van der Waals surface area contributed by atoms with Crippen molar-refractivity contribution in [2.24, 2.45) is 0 Å². The molecule has 1 aromatic rings. The lowest BCUT2D eigenvalue weighted by Gasteiger charge is -2.21. The normalized spacial score (nSPS) is 16.9. The van der Waals surface area contributed by atoms with Gasteiger partial charge in [0.15, 0.2) is 0 Å². The second-order valence-electron chi connectivity index (χ2n) is 4.73. The minimum absolute atomic E-state index is 0.810. The van der Waals surface area contributed by atoms with Crippen molar-refractivity contribution in [3.63, 3.8) is 0 Å². The van der Waals surface area contributed by atoms with Gasteiger partial charge in [-0.25, -0.2) is 9.97 Å². The van der Waals surface area contributed by atoms with Gasteiger partial charge in [-0.1, -0.05) is 12.8 Å². The van der Waals surface area contributed by atoms with Crippen LogP contribution in [-0.2, 0) is 6.54 Å². The molecule has 1 aromatic heterocycles. The van der Waals surface area contributed by atoms with Crippen molar-refractivity contribution >= 4 is 5.95 Å². The molecule has 0 aromatic carbocycles. The quantitative estimate of drug-likeness (QED) is 0.867. The molecule has 0 unspecified atom stereocenters. The average Bonchev–Trinajstić information content (AvgIpc) is 2.57. The van der Waals surface area contributed by atoms with E-state index in [1.165, 1.54) is 25.7 Å². The average molecular weight is 234 g/mol. The molecular formula is C13H22N4. The van der Waals surface area contributed by atoms with Gasteiger partial charge < -0.3 is 10.2 Å². The van der Waals surface area contributed by atoms with Gasteiger partial charge in [0.25, 0.3) is 0 Å². The molecule has 0 aliphatic carbocycles. The summed E-state index contributed by atoms with van der Waals surface area (Å²) in [6, 6.07) is 2.05. The number of hydrogen-bond acceptors (Lipinski definition) is 4. The Bertz CT molecular complexity index is 356. The number of rotatable bonds is 3. The Morgan fingerprint density at radius 1 is 1.18 bits per heavy atom. The zero-order chi connectivity index (χ0) is 12.1. The van der Waals surface area contributed by atoms with Crippen LogP contribution in [0.2, 0.25) is 0 Å². The molecular weight excluding hydrogens is 212 g/mol. The summed E-state index contributed by atoms with van der Waals surface area (Å²) in [5.41, 5.74) is 2.14. The zero-order valence-corrected chi connectivity index (χ0v) is 10.9. The lowest BCUT2D eigenvalue weighted by Crippen LogP contribution is -2.27. The Kier molecular flexibility index (Phi) is 4.31. The molecule has 94 valence electrons. The zero-order valence-electron chi connectivity index (χ0n) is 10.9. The Balaban J connectivity index is 2.17. The topological polar surface area (TPSA) is 41.1 Å². The smallest absolute Gasteiger partial charge is 0.225 e. The van der Waals surface area contributed by atoms with Crippen molar-refractivity contribution in [1.82, 2.24) is 15.3 Å². The first-order valence-corrected chi connectivity index (χ1v) is 6.53. The van der Waals surface area contributed by atoms with Crippen LogP contribution < -0.4 is 10.2 Å². The monoisotopic (exact) mass is 234 g/mol. The van der Waals surface area contributed by atoms with Gasteiger partial charge in [-0.05, 0) is 32.9 Å². The van der Waals surface area contributed by atoms with E-state index in [-0.39, 0.29) is 0 Å². The third-order valence-corrected chi connectivity index (χ3v) is 3.14. The van der Waals surface area contributed by atoms with E-state index in [0.717, 1.165) is 37.0 Å². The summed E-state index contributed by atoms with van der Waals surface area (Å²) in [5.74, 6) is 0.914. The SMILES string of the molecule is CNCc1cc(C)nc(N2CCCCCC2)n1. The minimum Gasteiger partial charge on any atom is -0.341 e. The minimum atomic E-state index is 0.810. The Morgan fingerprint density at radius 3 is 2.53 bits per heavy atom. The molecule has 17 heavy (non-hydrogen) atoms. The van der Waals surface area contributed by atoms with Gasteiger partial charge in [-0.3, -0.25) is 0 Å². The molecule has 1 fully saturated rings. The predicted molar refractivity (Wildman–Crippen MR) is 70.2 cm³/mol. The Morgan fingerprint density at radius 2 is 1.88 bits per heavy atom. The van der Waals surface area contributed by atoms with E-state index in [0.29, 0.717) is 0 Å². The van der Waals surface area contributed by atoms with Crippen LogP contribution >= 0.6 is 0 Å². The third kappa shape index (κ3) is 3.40.